The van der Waals surface area contributed by atoms with Gasteiger partial charge in [0.05, 0.1) is 12.6 Å². The van der Waals surface area contributed by atoms with E-state index in [0.717, 1.165) is 5.56 Å². The largest absolute Gasteiger partial charge is 0.394 e. The van der Waals surface area contributed by atoms with E-state index in [-0.39, 0.29) is 12.4 Å². The molecule has 70 valence electrons. The molecule has 0 aliphatic carbocycles. The first kappa shape index (κ1) is 9.89. The highest BCUT2D eigenvalue weighted by molar-refractivity contribution is 5.94. The van der Waals surface area contributed by atoms with Gasteiger partial charge in [-0.25, -0.2) is 0 Å². The minimum absolute atomic E-state index is 0.00647. The molecule has 1 rings (SSSR count). The molecule has 3 nitrogen and oxygen atoms in total. The SMILES string of the molecule is CC(=O)c1cccc([C@@H](N)CO)c1. The zero-order valence-electron chi connectivity index (χ0n) is 7.53. The highest BCUT2D eigenvalue weighted by atomic mass is 16.3. The standard InChI is InChI=1S/C10H13NO2/c1-7(13)8-3-2-4-9(5-8)10(11)6-12/h2-5,10,12H,6,11H2,1H3/t10-/m0/s1. The number of Topliss-reactive ketones (excluding diaryl/α,β-unsaturated/α-hetero) is 1. The summed E-state index contributed by atoms with van der Waals surface area (Å²) in [6.45, 7) is 1.39. The van der Waals surface area contributed by atoms with Crippen LogP contribution in [0.2, 0.25) is 0 Å². The molecule has 0 unspecified atom stereocenters. The number of aliphatic hydroxyl groups excluding tert-OH is 1. The van der Waals surface area contributed by atoms with Gasteiger partial charge in [-0.2, -0.15) is 0 Å². The van der Waals surface area contributed by atoms with Crippen LogP contribution < -0.4 is 5.73 Å². The number of rotatable bonds is 3. The average molecular weight is 179 g/mol. The van der Waals surface area contributed by atoms with Crippen LogP contribution in [-0.2, 0) is 0 Å². The molecule has 0 amide bonds. The number of aliphatic hydroxyl groups is 1. The van der Waals surface area contributed by atoms with Gasteiger partial charge in [-0.3, -0.25) is 4.79 Å². The third-order valence-corrected chi connectivity index (χ3v) is 1.92. The van der Waals surface area contributed by atoms with Gasteiger partial charge in [0, 0.05) is 5.56 Å². The van der Waals surface area contributed by atoms with Crippen LogP contribution in [-0.4, -0.2) is 17.5 Å². The molecule has 3 heteroatoms. The van der Waals surface area contributed by atoms with Crippen molar-refractivity contribution >= 4 is 5.78 Å². The molecule has 0 aliphatic rings. The van der Waals surface area contributed by atoms with E-state index in [1.54, 1.807) is 24.3 Å². The van der Waals surface area contributed by atoms with Crippen LogP contribution in [0.1, 0.15) is 28.9 Å². The fourth-order valence-corrected chi connectivity index (χ4v) is 1.09. The molecule has 0 bridgehead atoms. The maximum absolute atomic E-state index is 11.0. The highest BCUT2D eigenvalue weighted by Gasteiger charge is 2.06. The number of carbonyl (C=O) groups is 1. The van der Waals surface area contributed by atoms with E-state index in [2.05, 4.69) is 0 Å². The van der Waals surface area contributed by atoms with Gasteiger partial charge < -0.3 is 10.8 Å². The molecule has 0 spiro atoms. The molecular formula is C10H13NO2. The van der Waals surface area contributed by atoms with Gasteiger partial charge in [0.1, 0.15) is 0 Å². The van der Waals surface area contributed by atoms with Crippen LogP contribution >= 0.6 is 0 Å². The van der Waals surface area contributed by atoms with Crippen LogP contribution in [0.25, 0.3) is 0 Å². The van der Waals surface area contributed by atoms with E-state index >= 15 is 0 Å². The summed E-state index contributed by atoms with van der Waals surface area (Å²) < 4.78 is 0. The monoisotopic (exact) mass is 179 g/mol. The van der Waals surface area contributed by atoms with Crippen molar-refractivity contribution in [3.05, 3.63) is 35.4 Å². The van der Waals surface area contributed by atoms with Crippen molar-refractivity contribution in [1.82, 2.24) is 0 Å². The van der Waals surface area contributed by atoms with Crippen molar-refractivity contribution in [3.63, 3.8) is 0 Å². The molecule has 1 atom stereocenters. The maximum Gasteiger partial charge on any atom is 0.159 e. The molecule has 0 fully saturated rings. The predicted octanol–water partition coefficient (Wildman–Crippen LogP) is 0.881. The first-order valence-corrected chi connectivity index (χ1v) is 4.12. The minimum Gasteiger partial charge on any atom is -0.394 e. The highest BCUT2D eigenvalue weighted by Crippen LogP contribution is 2.12. The third kappa shape index (κ3) is 2.37. The first-order chi connectivity index (χ1) is 6.15. The maximum atomic E-state index is 11.0. The fraction of sp³-hybridized carbons (Fsp3) is 0.300. The zero-order chi connectivity index (χ0) is 9.84. The van der Waals surface area contributed by atoms with E-state index < -0.39 is 6.04 Å². The quantitative estimate of drug-likeness (QED) is 0.677. The Morgan fingerprint density at radius 1 is 1.62 bits per heavy atom. The first-order valence-electron chi connectivity index (χ1n) is 4.12. The Morgan fingerprint density at radius 2 is 2.31 bits per heavy atom. The van der Waals surface area contributed by atoms with Crippen molar-refractivity contribution in [1.29, 1.82) is 0 Å². The van der Waals surface area contributed by atoms with Crippen LogP contribution in [0.15, 0.2) is 24.3 Å². The number of carbonyl (C=O) groups excluding carboxylic acids is 1. The predicted molar refractivity (Wildman–Crippen MR) is 50.5 cm³/mol. The van der Waals surface area contributed by atoms with Crippen molar-refractivity contribution < 1.29 is 9.90 Å². The van der Waals surface area contributed by atoms with Crippen LogP contribution in [0.5, 0.6) is 0 Å². The van der Waals surface area contributed by atoms with Crippen LogP contribution in [0.3, 0.4) is 0 Å². The third-order valence-electron chi connectivity index (χ3n) is 1.92. The van der Waals surface area contributed by atoms with E-state index in [1.165, 1.54) is 6.92 Å². The van der Waals surface area contributed by atoms with Crippen molar-refractivity contribution in [3.8, 4) is 0 Å². The van der Waals surface area contributed by atoms with E-state index in [4.69, 9.17) is 10.8 Å². The normalized spacial score (nSPS) is 12.5. The van der Waals surface area contributed by atoms with Gasteiger partial charge >= 0.3 is 0 Å². The second-order valence-electron chi connectivity index (χ2n) is 2.97. The lowest BCUT2D eigenvalue weighted by Crippen LogP contribution is -2.14. The summed E-state index contributed by atoms with van der Waals surface area (Å²) >= 11 is 0. The summed E-state index contributed by atoms with van der Waals surface area (Å²) in [5.74, 6) is 0.00647. The second kappa shape index (κ2) is 4.16. The zero-order valence-corrected chi connectivity index (χ0v) is 7.53. The Hall–Kier alpha value is -1.19. The molecule has 1 aromatic carbocycles. The lowest BCUT2D eigenvalue weighted by Gasteiger charge is -2.08. The lowest BCUT2D eigenvalue weighted by atomic mass is 10.0. The lowest BCUT2D eigenvalue weighted by molar-refractivity contribution is 0.101. The Balaban J connectivity index is 2.98. The summed E-state index contributed by atoms with van der Waals surface area (Å²) in [4.78, 5) is 11.0. The van der Waals surface area contributed by atoms with E-state index in [0.29, 0.717) is 5.56 Å². The summed E-state index contributed by atoms with van der Waals surface area (Å²) in [5.41, 5.74) is 7.02. The Kier molecular flexibility index (Phi) is 3.17. The van der Waals surface area contributed by atoms with Gasteiger partial charge in [-0.1, -0.05) is 18.2 Å². The van der Waals surface area contributed by atoms with Gasteiger partial charge in [0.2, 0.25) is 0 Å². The average Bonchev–Trinajstić information content (AvgIpc) is 2.17. The molecule has 0 radical (unpaired) electrons. The minimum atomic E-state index is -0.403. The molecule has 3 N–H and O–H groups in total. The molecule has 0 heterocycles. The number of ketones is 1. The molecule has 0 saturated carbocycles. The molecule has 0 aromatic heterocycles. The fourth-order valence-electron chi connectivity index (χ4n) is 1.09. The molecular weight excluding hydrogens is 166 g/mol. The van der Waals surface area contributed by atoms with Gasteiger partial charge in [-0.15, -0.1) is 0 Å². The Labute approximate surface area is 77.2 Å². The van der Waals surface area contributed by atoms with Crippen molar-refractivity contribution in [2.24, 2.45) is 5.73 Å². The Bertz CT molecular complexity index is 310. The van der Waals surface area contributed by atoms with E-state index in [9.17, 15) is 4.79 Å². The topological polar surface area (TPSA) is 63.3 Å². The van der Waals surface area contributed by atoms with Gasteiger partial charge in [0.15, 0.2) is 5.78 Å². The van der Waals surface area contributed by atoms with E-state index in [1.807, 2.05) is 0 Å². The van der Waals surface area contributed by atoms with Crippen molar-refractivity contribution in [2.75, 3.05) is 6.61 Å². The summed E-state index contributed by atoms with van der Waals surface area (Å²) in [5, 5.41) is 8.81. The number of hydrogen-bond acceptors (Lipinski definition) is 3. The molecule has 0 saturated heterocycles. The van der Waals surface area contributed by atoms with Crippen LogP contribution in [0.4, 0.5) is 0 Å². The molecule has 1 aromatic rings. The van der Waals surface area contributed by atoms with Crippen LogP contribution in [0, 0.1) is 0 Å². The summed E-state index contributed by atoms with van der Waals surface area (Å²) in [6.07, 6.45) is 0. The molecule has 13 heavy (non-hydrogen) atoms. The van der Waals surface area contributed by atoms with Crippen molar-refractivity contribution in [2.45, 2.75) is 13.0 Å². The number of hydrogen-bond donors (Lipinski definition) is 2. The summed E-state index contributed by atoms with van der Waals surface area (Å²) in [6, 6.07) is 6.60. The number of nitrogens with two attached hydrogens (primary N) is 1. The van der Waals surface area contributed by atoms with Gasteiger partial charge in [0.25, 0.3) is 0 Å². The number of benzene rings is 1. The molecule has 0 aliphatic heterocycles. The smallest absolute Gasteiger partial charge is 0.159 e. The van der Waals surface area contributed by atoms with Gasteiger partial charge in [-0.05, 0) is 18.6 Å². The Morgan fingerprint density at radius 3 is 2.85 bits per heavy atom. The summed E-state index contributed by atoms with van der Waals surface area (Å²) in [7, 11) is 0. The second-order valence-corrected chi connectivity index (χ2v) is 2.97.